The fraction of sp³-hybridized carbons (Fsp3) is 0.333. The van der Waals surface area contributed by atoms with Crippen molar-refractivity contribution in [1.29, 1.82) is 0 Å². The van der Waals surface area contributed by atoms with Gasteiger partial charge in [-0.3, -0.25) is 0 Å². The molecular formula is C18H21NO. The van der Waals surface area contributed by atoms with Crippen LogP contribution < -0.4 is 10.1 Å². The molecule has 3 rings (SSSR count). The molecule has 0 spiro atoms. The molecule has 20 heavy (non-hydrogen) atoms. The minimum Gasteiger partial charge on any atom is -0.490 e. The molecule has 2 nitrogen and oxygen atoms in total. The maximum atomic E-state index is 5.80. The summed E-state index contributed by atoms with van der Waals surface area (Å²) >= 11 is 0. The first-order valence-corrected chi connectivity index (χ1v) is 7.27. The van der Waals surface area contributed by atoms with E-state index in [2.05, 4.69) is 60.8 Å². The van der Waals surface area contributed by atoms with E-state index in [-0.39, 0.29) is 6.04 Å². The summed E-state index contributed by atoms with van der Waals surface area (Å²) in [6, 6.07) is 17.2. The Morgan fingerprint density at radius 3 is 2.35 bits per heavy atom. The Labute approximate surface area is 120 Å². The minimum absolute atomic E-state index is 0.228. The molecule has 0 aliphatic heterocycles. The Morgan fingerprint density at radius 2 is 1.75 bits per heavy atom. The van der Waals surface area contributed by atoms with Gasteiger partial charge >= 0.3 is 0 Å². The summed E-state index contributed by atoms with van der Waals surface area (Å²) in [4.78, 5) is 0. The zero-order valence-electron chi connectivity index (χ0n) is 12.1. The number of hydrogen-bond acceptors (Lipinski definition) is 2. The van der Waals surface area contributed by atoms with Gasteiger partial charge in [0.2, 0.25) is 0 Å². The third-order valence-electron chi connectivity index (χ3n) is 3.83. The highest BCUT2D eigenvalue weighted by atomic mass is 16.5. The van der Waals surface area contributed by atoms with Crippen LogP contribution in [0.15, 0.2) is 48.5 Å². The van der Waals surface area contributed by atoms with Gasteiger partial charge in [-0.25, -0.2) is 0 Å². The van der Waals surface area contributed by atoms with E-state index < -0.39 is 0 Å². The molecule has 1 saturated carbocycles. The van der Waals surface area contributed by atoms with Crippen molar-refractivity contribution in [1.82, 2.24) is 5.32 Å². The lowest BCUT2D eigenvalue weighted by molar-refractivity contribution is 0.303. The SMILES string of the molecule is CNC(c1ccc(OC2CC2)cc1)c1ccccc1C. The van der Waals surface area contributed by atoms with Crippen molar-refractivity contribution in [3.8, 4) is 5.75 Å². The highest BCUT2D eigenvalue weighted by Gasteiger charge is 2.23. The Kier molecular flexibility index (Phi) is 3.75. The summed E-state index contributed by atoms with van der Waals surface area (Å²) in [6.07, 6.45) is 2.85. The maximum Gasteiger partial charge on any atom is 0.119 e. The standard InChI is InChI=1S/C18H21NO/c1-13-5-3-4-6-17(13)18(19-2)14-7-9-15(10-8-14)20-16-11-12-16/h3-10,16,18-19H,11-12H2,1-2H3. The van der Waals surface area contributed by atoms with Crippen LogP contribution in [-0.4, -0.2) is 13.2 Å². The van der Waals surface area contributed by atoms with Crippen molar-refractivity contribution >= 4 is 0 Å². The zero-order chi connectivity index (χ0) is 13.9. The van der Waals surface area contributed by atoms with Crippen molar-refractivity contribution in [2.75, 3.05) is 7.05 Å². The first kappa shape index (κ1) is 13.2. The molecule has 2 heteroatoms. The van der Waals surface area contributed by atoms with Crippen molar-refractivity contribution in [2.24, 2.45) is 0 Å². The van der Waals surface area contributed by atoms with Crippen LogP contribution in [0.1, 0.15) is 35.6 Å². The van der Waals surface area contributed by atoms with Crippen LogP contribution in [0.4, 0.5) is 0 Å². The van der Waals surface area contributed by atoms with Gasteiger partial charge in [0.1, 0.15) is 5.75 Å². The summed E-state index contributed by atoms with van der Waals surface area (Å²) in [7, 11) is 2.01. The van der Waals surface area contributed by atoms with E-state index in [9.17, 15) is 0 Å². The van der Waals surface area contributed by atoms with Gasteiger partial charge in [0, 0.05) is 0 Å². The van der Waals surface area contributed by atoms with Crippen molar-refractivity contribution in [3.63, 3.8) is 0 Å². The molecule has 0 amide bonds. The second-order valence-corrected chi connectivity index (χ2v) is 5.46. The quantitative estimate of drug-likeness (QED) is 0.888. The molecule has 1 N–H and O–H groups in total. The molecule has 1 unspecified atom stereocenters. The van der Waals surface area contributed by atoms with Gasteiger partial charge in [0.05, 0.1) is 12.1 Å². The van der Waals surface area contributed by atoms with Crippen LogP contribution in [-0.2, 0) is 0 Å². The molecule has 0 saturated heterocycles. The number of rotatable bonds is 5. The van der Waals surface area contributed by atoms with E-state index in [1.165, 1.54) is 29.5 Å². The molecule has 104 valence electrons. The Morgan fingerprint density at radius 1 is 1.05 bits per heavy atom. The molecule has 2 aromatic rings. The predicted octanol–water partition coefficient (Wildman–Crippen LogP) is 3.85. The number of aryl methyl sites for hydroxylation is 1. The number of hydrogen-bond donors (Lipinski definition) is 1. The average molecular weight is 267 g/mol. The fourth-order valence-corrected chi connectivity index (χ4v) is 2.53. The van der Waals surface area contributed by atoms with E-state index in [1.54, 1.807) is 0 Å². The minimum atomic E-state index is 0.228. The lowest BCUT2D eigenvalue weighted by atomic mass is 9.95. The highest BCUT2D eigenvalue weighted by Crippen LogP contribution is 2.29. The molecule has 2 aromatic carbocycles. The van der Waals surface area contributed by atoms with E-state index in [4.69, 9.17) is 4.74 Å². The first-order valence-electron chi connectivity index (χ1n) is 7.27. The molecule has 0 heterocycles. The van der Waals surface area contributed by atoms with Gasteiger partial charge in [-0.2, -0.15) is 0 Å². The largest absolute Gasteiger partial charge is 0.490 e. The Bertz CT molecular complexity index is 572. The summed E-state index contributed by atoms with van der Waals surface area (Å²) in [6.45, 7) is 2.16. The lowest BCUT2D eigenvalue weighted by Crippen LogP contribution is -2.18. The molecule has 0 bridgehead atoms. The van der Waals surface area contributed by atoms with E-state index >= 15 is 0 Å². The van der Waals surface area contributed by atoms with Gasteiger partial charge in [0.25, 0.3) is 0 Å². The Hall–Kier alpha value is -1.80. The topological polar surface area (TPSA) is 21.3 Å². The molecular weight excluding hydrogens is 246 g/mol. The molecule has 0 radical (unpaired) electrons. The van der Waals surface area contributed by atoms with Gasteiger partial charge in [-0.1, -0.05) is 36.4 Å². The van der Waals surface area contributed by atoms with Crippen molar-refractivity contribution in [3.05, 3.63) is 65.2 Å². The fourth-order valence-electron chi connectivity index (χ4n) is 2.53. The second kappa shape index (κ2) is 5.68. The van der Waals surface area contributed by atoms with Gasteiger partial charge in [-0.15, -0.1) is 0 Å². The normalized spacial score (nSPS) is 15.9. The van der Waals surface area contributed by atoms with Crippen LogP contribution in [0.25, 0.3) is 0 Å². The molecule has 1 aliphatic carbocycles. The van der Waals surface area contributed by atoms with Crippen molar-refractivity contribution < 1.29 is 4.74 Å². The molecule has 1 atom stereocenters. The second-order valence-electron chi connectivity index (χ2n) is 5.46. The average Bonchev–Trinajstić information content (AvgIpc) is 3.27. The van der Waals surface area contributed by atoms with Crippen molar-refractivity contribution in [2.45, 2.75) is 31.9 Å². The van der Waals surface area contributed by atoms with E-state index in [0.717, 1.165) is 5.75 Å². The third-order valence-corrected chi connectivity index (χ3v) is 3.83. The summed E-state index contributed by atoms with van der Waals surface area (Å²) in [5.74, 6) is 0.982. The van der Waals surface area contributed by atoms with Crippen LogP contribution >= 0.6 is 0 Å². The zero-order valence-corrected chi connectivity index (χ0v) is 12.1. The maximum absolute atomic E-state index is 5.80. The van der Waals surface area contributed by atoms with Crippen LogP contribution in [0.5, 0.6) is 5.75 Å². The molecule has 1 aliphatic rings. The van der Waals surface area contributed by atoms with Crippen LogP contribution in [0.2, 0.25) is 0 Å². The van der Waals surface area contributed by atoms with E-state index in [1.807, 2.05) is 7.05 Å². The van der Waals surface area contributed by atoms with Gasteiger partial charge in [-0.05, 0) is 55.6 Å². The highest BCUT2D eigenvalue weighted by molar-refractivity contribution is 5.38. The molecule has 1 fully saturated rings. The monoisotopic (exact) mass is 267 g/mol. The molecule has 0 aromatic heterocycles. The summed E-state index contributed by atoms with van der Waals surface area (Å²) < 4.78 is 5.80. The van der Waals surface area contributed by atoms with E-state index in [0.29, 0.717) is 6.10 Å². The van der Waals surface area contributed by atoms with Gasteiger partial charge < -0.3 is 10.1 Å². The van der Waals surface area contributed by atoms with Gasteiger partial charge in [0.15, 0.2) is 0 Å². The first-order chi connectivity index (χ1) is 9.78. The number of benzene rings is 2. The number of ether oxygens (including phenoxy) is 1. The lowest BCUT2D eigenvalue weighted by Gasteiger charge is -2.19. The Balaban J connectivity index is 1.83. The number of nitrogens with one attached hydrogen (secondary N) is 1. The van der Waals surface area contributed by atoms with Crippen LogP contribution in [0, 0.1) is 6.92 Å². The summed E-state index contributed by atoms with van der Waals surface area (Å²) in [5.41, 5.74) is 3.90. The smallest absolute Gasteiger partial charge is 0.119 e. The third kappa shape index (κ3) is 2.86. The predicted molar refractivity (Wildman–Crippen MR) is 82.2 cm³/mol. The summed E-state index contributed by atoms with van der Waals surface area (Å²) in [5, 5.41) is 3.41. The van der Waals surface area contributed by atoms with Crippen LogP contribution in [0.3, 0.4) is 0 Å².